The minimum absolute atomic E-state index is 0.171. The molecule has 0 fully saturated rings. The Labute approximate surface area is 146 Å². The highest BCUT2D eigenvalue weighted by Gasteiger charge is 2.15. The summed E-state index contributed by atoms with van der Waals surface area (Å²) in [7, 11) is 0. The van der Waals surface area contributed by atoms with E-state index < -0.39 is 6.10 Å². The Morgan fingerprint density at radius 2 is 1.76 bits per heavy atom. The molecule has 1 N–H and O–H groups in total. The minimum atomic E-state index is -0.598. The van der Waals surface area contributed by atoms with Gasteiger partial charge in [-0.15, -0.1) is 0 Å². The van der Waals surface area contributed by atoms with Crippen molar-refractivity contribution < 1.29 is 13.9 Å². The standard InChI is InChI=1S/C21H20FNO2/c1-15(21(24)23-14-13-16-9-11-18(22)12-10-16)25-20-8-4-6-17-5-2-3-7-19(17)20/h2-12,15H,13-14H2,1H3,(H,23,24)/t15-/m1/s1. The lowest BCUT2D eigenvalue weighted by Crippen LogP contribution is -2.37. The Hall–Kier alpha value is -2.88. The lowest BCUT2D eigenvalue weighted by atomic mass is 10.1. The van der Waals surface area contributed by atoms with Crippen molar-refractivity contribution in [3.8, 4) is 5.75 Å². The zero-order valence-corrected chi connectivity index (χ0v) is 14.0. The number of halogens is 1. The van der Waals surface area contributed by atoms with Gasteiger partial charge in [0.05, 0.1) is 0 Å². The predicted molar refractivity (Wildman–Crippen MR) is 97.2 cm³/mol. The number of benzene rings is 3. The van der Waals surface area contributed by atoms with Crippen LogP contribution in [0.2, 0.25) is 0 Å². The van der Waals surface area contributed by atoms with Gasteiger partial charge in [-0.3, -0.25) is 4.79 Å². The largest absolute Gasteiger partial charge is 0.480 e. The first kappa shape index (κ1) is 17.0. The highest BCUT2D eigenvalue weighted by atomic mass is 19.1. The maximum absolute atomic E-state index is 12.9. The zero-order valence-electron chi connectivity index (χ0n) is 14.0. The van der Waals surface area contributed by atoms with E-state index in [9.17, 15) is 9.18 Å². The summed E-state index contributed by atoms with van der Waals surface area (Å²) in [6, 6.07) is 20.0. The fraction of sp³-hybridized carbons (Fsp3) is 0.190. The molecule has 1 amide bonds. The smallest absolute Gasteiger partial charge is 0.260 e. The van der Waals surface area contributed by atoms with E-state index in [1.165, 1.54) is 12.1 Å². The number of amides is 1. The fourth-order valence-corrected chi connectivity index (χ4v) is 2.67. The molecule has 3 rings (SSSR count). The first-order valence-corrected chi connectivity index (χ1v) is 8.30. The molecule has 4 heteroatoms. The quantitative estimate of drug-likeness (QED) is 0.735. The molecule has 0 aliphatic rings. The van der Waals surface area contributed by atoms with Crippen LogP contribution in [0.5, 0.6) is 5.75 Å². The molecule has 0 aromatic heterocycles. The van der Waals surface area contributed by atoms with Gasteiger partial charge < -0.3 is 10.1 Å². The van der Waals surface area contributed by atoms with Gasteiger partial charge in [0.1, 0.15) is 11.6 Å². The van der Waals surface area contributed by atoms with Gasteiger partial charge in [-0.2, -0.15) is 0 Å². The molecular formula is C21H20FNO2. The van der Waals surface area contributed by atoms with Gasteiger partial charge in [-0.25, -0.2) is 4.39 Å². The van der Waals surface area contributed by atoms with E-state index in [1.54, 1.807) is 19.1 Å². The van der Waals surface area contributed by atoms with E-state index in [0.717, 1.165) is 16.3 Å². The summed E-state index contributed by atoms with van der Waals surface area (Å²) < 4.78 is 18.7. The Kier molecular flexibility index (Phi) is 5.29. The van der Waals surface area contributed by atoms with Crippen molar-refractivity contribution in [2.75, 3.05) is 6.54 Å². The number of ether oxygens (including phenoxy) is 1. The molecule has 1 atom stereocenters. The highest BCUT2D eigenvalue weighted by Crippen LogP contribution is 2.26. The van der Waals surface area contributed by atoms with E-state index >= 15 is 0 Å². The van der Waals surface area contributed by atoms with Gasteiger partial charge in [0.25, 0.3) is 5.91 Å². The highest BCUT2D eigenvalue weighted by molar-refractivity contribution is 5.89. The predicted octanol–water partition coefficient (Wildman–Crippen LogP) is 4.11. The second-order valence-corrected chi connectivity index (χ2v) is 5.90. The second-order valence-electron chi connectivity index (χ2n) is 5.90. The molecule has 0 unspecified atom stereocenters. The Morgan fingerprint density at radius 1 is 1.04 bits per heavy atom. The van der Waals surface area contributed by atoms with Gasteiger partial charge in [0, 0.05) is 11.9 Å². The molecule has 0 saturated carbocycles. The molecule has 3 aromatic carbocycles. The normalized spacial score (nSPS) is 11.9. The number of fused-ring (bicyclic) bond motifs is 1. The summed E-state index contributed by atoms with van der Waals surface area (Å²) in [4.78, 5) is 12.2. The van der Waals surface area contributed by atoms with Crippen molar-refractivity contribution in [3.63, 3.8) is 0 Å². The lowest BCUT2D eigenvalue weighted by Gasteiger charge is -2.16. The number of carbonyl (C=O) groups is 1. The Balaban J connectivity index is 1.56. The molecule has 25 heavy (non-hydrogen) atoms. The Morgan fingerprint density at radius 3 is 2.56 bits per heavy atom. The van der Waals surface area contributed by atoms with E-state index in [1.807, 2.05) is 42.5 Å². The van der Waals surface area contributed by atoms with Crippen molar-refractivity contribution in [2.24, 2.45) is 0 Å². The topological polar surface area (TPSA) is 38.3 Å². The van der Waals surface area contributed by atoms with Crippen molar-refractivity contribution in [1.82, 2.24) is 5.32 Å². The third kappa shape index (κ3) is 4.35. The number of hydrogen-bond acceptors (Lipinski definition) is 2. The first-order chi connectivity index (χ1) is 12.1. The van der Waals surface area contributed by atoms with Crippen LogP contribution >= 0.6 is 0 Å². The van der Waals surface area contributed by atoms with Gasteiger partial charge >= 0.3 is 0 Å². The van der Waals surface area contributed by atoms with Gasteiger partial charge in [-0.1, -0.05) is 48.5 Å². The molecule has 0 bridgehead atoms. The van der Waals surface area contributed by atoms with Crippen molar-refractivity contribution in [1.29, 1.82) is 0 Å². The van der Waals surface area contributed by atoms with Gasteiger partial charge in [-0.05, 0) is 42.5 Å². The summed E-state index contributed by atoms with van der Waals surface area (Å²) in [5.41, 5.74) is 0.976. The second kappa shape index (κ2) is 7.79. The SMILES string of the molecule is C[C@@H](Oc1cccc2ccccc12)C(=O)NCCc1ccc(F)cc1. The molecule has 0 heterocycles. The molecule has 0 aliphatic heterocycles. The maximum Gasteiger partial charge on any atom is 0.260 e. The lowest BCUT2D eigenvalue weighted by molar-refractivity contribution is -0.127. The average molecular weight is 337 g/mol. The number of rotatable bonds is 6. The zero-order chi connectivity index (χ0) is 17.6. The van der Waals surface area contributed by atoms with E-state index in [0.29, 0.717) is 18.7 Å². The van der Waals surface area contributed by atoms with Gasteiger partial charge in [0.15, 0.2) is 6.10 Å². The molecule has 0 saturated heterocycles. The molecule has 128 valence electrons. The van der Waals surface area contributed by atoms with Crippen LogP contribution in [-0.4, -0.2) is 18.6 Å². The molecule has 3 nitrogen and oxygen atoms in total. The first-order valence-electron chi connectivity index (χ1n) is 8.30. The summed E-state index contributed by atoms with van der Waals surface area (Å²) in [5, 5.41) is 4.91. The molecule has 0 radical (unpaired) electrons. The minimum Gasteiger partial charge on any atom is -0.480 e. The Bertz CT molecular complexity index is 856. The monoisotopic (exact) mass is 337 g/mol. The fourth-order valence-electron chi connectivity index (χ4n) is 2.67. The molecule has 0 aliphatic carbocycles. The summed E-state index contributed by atoms with van der Waals surface area (Å²) in [6.45, 7) is 2.21. The van der Waals surface area contributed by atoms with Crippen LogP contribution < -0.4 is 10.1 Å². The number of hydrogen-bond donors (Lipinski definition) is 1. The molecule has 3 aromatic rings. The van der Waals surface area contributed by atoms with E-state index in [4.69, 9.17) is 4.74 Å². The number of carbonyl (C=O) groups excluding carboxylic acids is 1. The molecular weight excluding hydrogens is 317 g/mol. The van der Waals surface area contributed by atoms with Crippen LogP contribution in [0.25, 0.3) is 10.8 Å². The van der Waals surface area contributed by atoms with Crippen LogP contribution in [0.4, 0.5) is 4.39 Å². The summed E-state index contributed by atoms with van der Waals surface area (Å²) >= 11 is 0. The van der Waals surface area contributed by atoms with Gasteiger partial charge in [0.2, 0.25) is 0 Å². The van der Waals surface area contributed by atoms with Crippen LogP contribution in [0.1, 0.15) is 12.5 Å². The van der Waals surface area contributed by atoms with Crippen LogP contribution in [0.3, 0.4) is 0 Å². The van der Waals surface area contributed by atoms with Crippen molar-refractivity contribution in [3.05, 3.63) is 78.1 Å². The maximum atomic E-state index is 12.9. The summed E-state index contributed by atoms with van der Waals surface area (Å²) in [5.74, 6) is 0.263. The summed E-state index contributed by atoms with van der Waals surface area (Å²) in [6.07, 6.45) is 0.0477. The third-order valence-electron chi connectivity index (χ3n) is 4.05. The van der Waals surface area contributed by atoms with Crippen LogP contribution in [0, 0.1) is 5.82 Å². The number of nitrogens with one attached hydrogen (secondary N) is 1. The van der Waals surface area contributed by atoms with Crippen LogP contribution in [-0.2, 0) is 11.2 Å². The van der Waals surface area contributed by atoms with Crippen molar-refractivity contribution >= 4 is 16.7 Å². The van der Waals surface area contributed by atoms with E-state index in [2.05, 4.69) is 5.32 Å². The van der Waals surface area contributed by atoms with Crippen molar-refractivity contribution in [2.45, 2.75) is 19.4 Å². The van der Waals surface area contributed by atoms with E-state index in [-0.39, 0.29) is 11.7 Å². The van der Waals surface area contributed by atoms with Crippen LogP contribution in [0.15, 0.2) is 66.7 Å². The average Bonchev–Trinajstić information content (AvgIpc) is 2.63. The molecule has 0 spiro atoms. The third-order valence-corrected chi connectivity index (χ3v) is 4.05.